The van der Waals surface area contributed by atoms with Gasteiger partial charge in [-0.3, -0.25) is 4.79 Å². The Morgan fingerprint density at radius 1 is 1.04 bits per heavy atom. The first-order valence-electron chi connectivity index (χ1n) is 8.93. The molecule has 5 heteroatoms. The number of nitrogens with one attached hydrogen (secondary N) is 1. The first-order valence-corrected chi connectivity index (χ1v) is 8.93. The van der Waals surface area contributed by atoms with Crippen LogP contribution in [-0.2, 0) is 6.54 Å². The Kier molecular flexibility index (Phi) is 4.69. The number of carbonyl (C=O) groups is 1. The van der Waals surface area contributed by atoms with E-state index in [4.69, 9.17) is 4.42 Å². The largest absolute Gasteiger partial charge is 0.459 e. The number of aromatic nitrogens is 1. The molecule has 0 atom stereocenters. The van der Waals surface area contributed by atoms with E-state index in [1.165, 1.54) is 0 Å². The van der Waals surface area contributed by atoms with Gasteiger partial charge in [0.15, 0.2) is 0 Å². The summed E-state index contributed by atoms with van der Waals surface area (Å²) in [5, 5.41) is 3.25. The molecule has 1 fully saturated rings. The number of likely N-dealkylation sites (tertiary alicyclic amines) is 1. The number of hydrogen-bond acceptors (Lipinski definition) is 4. The van der Waals surface area contributed by atoms with Crippen LogP contribution < -0.4 is 5.32 Å². The highest BCUT2D eigenvalue weighted by Gasteiger charge is 2.22. The summed E-state index contributed by atoms with van der Waals surface area (Å²) in [6.07, 6.45) is 3.84. The molecule has 1 aliphatic rings. The van der Waals surface area contributed by atoms with E-state index in [-0.39, 0.29) is 5.91 Å². The van der Waals surface area contributed by atoms with Gasteiger partial charge < -0.3 is 14.6 Å². The lowest BCUT2D eigenvalue weighted by Gasteiger charge is -2.17. The molecule has 0 radical (unpaired) electrons. The molecule has 0 aliphatic carbocycles. The zero-order chi connectivity index (χ0) is 17.8. The van der Waals surface area contributed by atoms with Crippen molar-refractivity contribution in [2.24, 2.45) is 0 Å². The van der Waals surface area contributed by atoms with Crippen molar-refractivity contribution in [3.63, 3.8) is 0 Å². The summed E-state index contributed by atoms with van der Waals surface area (Å²) in [7, 11) is 0. The second-order valence-electron chi connectivity index (χ2n) is 6.38. The van der Waals surface area contributed by atoms with Crippen molar-refractivity contribution in [2.75, 3.05) is 18.4 Å². The molecule has 1 saturated heterocycles. The molecule has 132 valence electrons. The number of furan rings is 1. The first-order chi connectivity index (χ1) is 12.8. The summed E-state index contributed by atoms with van der Waals surface area (Å²) in [5.41, 5.74) is 1.66. The third-order valence-electron chi connectivity index (χ3n) is 4.58. The minimum atomic E-state index is 0.0440. The topological polar surface area (TPSA) is 58.4 Å². The van der Waals surface area contributed by atoms with Gasteiger partial charge in [-0.1, -0.05) is 30.3 Å². The SMILES string of the molecule is O=C(c1cccnc1NCc1ccc(-c2ccccc2)o1)N1CCCC1. The standard InChI is InChI=1S/C21H21N3O2/c25-21(24-13-4-5-14-24)18-9-6-12-22-20(18)23-15-17-10-11-19(26-17)16-7-2-1-3-8-16/h1-3,6-12H,4-5,13-15H2,(H,22,23). The van der Waals surface area contributed by atoms with E-state index >= 15 is 0 Å². The van der Waals surface area contributed by atoms with Crippen LogP contribution in [-0.4, -0.2) is 28.9 Å². The smallest absolute Gasteiger partial charge is 0.257 e. The van der Waals surface area contributed by atoms with Gasteiger partial charge in [-0.05, 0) is 37.1 Å². The molecule has 3 aromatic rings. The number of benzene rings is 1. The van der Waals surface area contributed by atoms with Gasteiger partial charge in [-0.25, -0.2) is 4.98 Å². The minimum Gasteiger partial charge on any atom is -0.459 e. The molecular weight excluding hydrogens is 326 g/mol. The van der Waals surface area contributed by atoms with Crippen molar-refractivity contribution in [2.45, 2.75) is 19.4 Å². The van der Waals surface area contributed by atoms with Gasteiger partial charge >= 0.3 is 0 Å². The monoisotopic (exact) mass is 347 g/mol. The van der Waals surface area contributed by atoms with E-state index in [9.17, 15) is 4.79 Å². The normalized spacial score (nSPS) is 13.8. The molecule has 0 bridgehead atoms. The van der Waals surface area contributed by atoms with Crippen LogP contribution in [0.25, 0.3) is 11.3 Å². The molecule has 0 unspecified atom stereocenters. The Balaban J connectivity index is 1.47. The van der Waals surface area contributed by atoms with Crippen molar-refractivity contribution in [1.82, 2.24) is 9.88 Å². The molecule has 26 heavy (non-hydrogen) atoms. The summed E-state index contributed by atoms with van der Waals surface area (Å²) < 4.78 is 5.91. The summed E-state index contributed by atoms with van der Waals surface area (Å²) in [6, 6.07) is 17.5. The van der Waals surface area contributed by atoms with E-state index in [1.54, 1.807) is 12.3 Å². The van der Waals surface area contributed by atoms with Gasteiger partial charge in [0.05, 0.1) is 12.1 Å². The van der Waals surface area contributed by atoms with Crippen molar-refractivity contribution >= 4 is 11.7 Å². The molecule has 0 spiro atoms. The molecule has 0 saturated carbocycles. The quantitative estimate of drug-likeness (QED) is 0.752. The molecule has 5 nitrogen and oxygen atoms in total. The third kappa shape index (κ3) is 3.47. The Labute approximate surface area is 152 Å². The van der Waals surface area contributed by atoms with Gasteiger partial charge in [0.1, 0.15) is 17.3 Å². The van der Waals surface area contributed by atoms with Crippen LogP contribution >= 0.6 is 0 Å². The van der Waals surface area contributed by atoms with Crippen LogP contribution in [0.2, 0.25) is 0 Å². The van der Waals surface area contributed by atoms with E-state index in [2.05, 4.69) is 10.3 Å². The predicted octanol–water partition coefficient (Wildman–Crippen LogP) is 4.19. The number of pyridine rings is 1. The molecule has 3 heterocycles. The maximum atomic E-state index is 12.7. The van der Waals surface area contributed by atoms with Crippen molar-refractivity contribution in [1.29, 1.82) is 0 Å². The van der Waals surface area contributed by atoms with Crippen LogP contribution in [0.3, 0.4) is 0 Å². The van der Waals surface area contributed by atoms with Gasteiger partial charge in [0, 0.05) is 24.8 Å². The van der Waals surface area contributed by atoms with E-state index in [0.29, 0.717) is 17.9 Å². The molecule has 1 aromatic carbocycles. The van der Waals surface area contributed by atoms with Crippen molar-refractivity contribution in [3.05, 3.63) is 72.1 Å². The highest BCUT2D eigenvalue weighted by Crippen LogP contribution is 2.23. The number of nitrogens with zero attached hydrogens (tertiary/aromatic N) is 2. The second-order valence-corrected chi connectivity index (χ2v) is 6.38. The van der Waals surface area contributed by atoms with E-state index in [1.807, 2.05) is 53.4 Å². The third-order valence-corrected chi connectivity index (χ3v) is 4.58. The van der Waals surface area contributed by atoms with Crippen LogP contribution in [0, 0.1) is 0 Å². The summed E-state index contributed by atoms with van der Waals surface area (Å²) in [6.45, 7) is 2.13. The van der Waals surface area contributed by atoms with Crippen LogP contribution in [0.1, 0.15) is 29.0 Å². The molecule has 2 aromatic heterocycles. The van der Waals surface area contributed by atoms with Gasteiger partial charge in [0.2, 0.25) is 0 Å². The Morgan fingerprint density at radius 3 is 2.65 bits per heavy atom. The van der Waals surface area contributed by atoms with Crippen LogP contribution in [0.15, 0.2) is 65.2 Å². The van der Waals surface area contributed by atoms with E-state index in [0.717, 1.165) is 43.0 Å². The lowest BCUT2D eigenvalue weighted by atomic mass is 10.2. The summed E-state index contributed by atoms with van der Waals surface area (Å²) in [5.74, 6) is 2.27. The van der Waals surface area contributed by atoms with Crippen LogP contribution in [0.5, 0.6) is 0 Å². The average Bonchev–Trinajstić information content (AvgIpc) is 3.39. The fourth-order valence-corrected chi connectivity index (χ4v) is 3.21. The molecule has 4 rings (SSSR count). The average molecular weight is 347 g/mol. The maximum Gasteiger partial charge on any atom is 0.257 e. The fraction of sp³-hybridized carbons (Fsp3) is 0.238. The van der Waals surface area contributed by atoms with Gasteiger partial charge in [-0.2, -0.15) is 0 Å². The number of amides is 1. The summed E-state index contributed by atoms with van der Waals surface area (Å²) in [4.78, 5) is 18.9. The van der Waals surface area contributed by atoms with Crippen molar-refractivity contribution in [3.8, 4) is 11.3 Å². The Hall–Kier alpha value is -3.08. The van der Waals surface area contributed by atoms with E-state index < -0.39 is 0 Å². The highest BCUT2D eigenvalue weighted by molar-refractivity contribution is 5.98. The molecule has 1 aliphatic heterocycles. The molecule has 1 N–H and O–H groups in total. The number of anilines is 1. The first kappa shape index (κ1) is 16.4. The fourth-order valence-electron chi connectivity index (χ4n) is 3.21. The predicted molar refractivity (Wildman–Crippen MR) is 101 cm³/mol. The molecular formula is C21H21N3O2. The zero-order valence-electron chi connectivity index (χ0n) is 14.5. The Morgan fingerprint density at radius 2 is 1.85 bits per heavy atom. The Bertz CT molecular complexity index is 883. The highest BCUT2D eigenvalue weighted by atomic mass is 16.3. The second kappa shape index (κ2) is 7.44. The summed E-state index contributed by atoms with van der Waals surface area (Å²) >= 11 is 0. The van der Waals surface area contributed by atoms with Crippen molar-refractivity contribution < 1.29 is 9.21 Å². The molecule has 1 amide bonds. The van der Waals surface area contributed by atoms with Crippen LogP contribution in [0.4, 0.5) is 5.82 Å². The number of hydrogen-bond donors (Lipinski definition) is 1. The lowest BCUT2D eigenvalue weighted by molar-refractivity contribution is 0.0793. The van der Waals surface area contributed by atoms with Gasteiger partial charge in [0.25, 0.3) is 5.91 Å². The number of carbonyl (C=O) groups excluding carboxylic acids is 1. The number of rotatable bonds is 5. The lowest BCUT2D eigenvalue weighted by Crippen LogP contribution is -2.28. The van der Waals surface area contributed by atoms with Gasteiger partial charge in [-0.15, -0.1) is 0 Å². The zero-order valence-corrected chi connectivity index (χ0v) is 14.5. The maximum absolute atomic E-state index is 12.7. The minimum absolute atomic E-state index is 0.0440.